The predicted molar refractivity (Wildman–Crippen MR) is 64.8 cm³/mol. The predicted octanol–water partition coefficient (Wildman–Crippen LogP) is 4.35. The van der Waals surface area contributed by atoms with Crippen molar-refractivity contribution in [3.05, 3.63) is 47.5 Å². The van der Waals surface area contributed by atoms with E-state index in [2.05, 4.69) is 50.2 Å². The van der Waals surface area contributed by atoms with Crippen LogP contribution >= 0.6 is 0 Å². The first-order chi connectivity index (χ1) is 6.33. The summed E-state index contributed by atoms with van der Waals surface area (Å²) in [7, 11) is 0. The van der Waals surface area contributed by atoms with Crippen molar-refractivity contribution in [1.82, 2.24) is 0 Å². The van der Waals surface area contributed by atoms with Crippen LogP contribution in [-0.2, 0) is 6.42 Å². The summed E-state index contributed by atoms with van der Waals surface area (Å²) < 4.78 is 0. The molecule has 74 valence electrons. The minimum Gasteiger partial charge on any atom is -0.0776 e. The molecule has 0 unspecified atom stereocenters. The van der Waals surface area contributed by atoms with Gasteiger partial charge in [-0.25, -0.2) is 0 Å². The van der Waals surface area contributed by atoms with Crippen LogP contribution in [0.15, 0.2) is 36.4 Å². The van der Waals surface area contributed by atoms with Gasteiger partial charge in [0.05, 0.1) is 0 Å². The molecule has 0 radical (unpaired) electrons. The topological polar surface area (TPSA) is 0 Å². The lowest BCUT2D eigenvalue weighted by molar-refractivity contribution is 1.16. The molecule has 0 aromatic heterocycles. The van der Waals surface area contributed by atoms with Gasteiger partial charge in [-0.05, 0) is 35.2 Å². The van der Waals surface area contributed by atoms with Gasteiger partial charge in [-0.3, -0.25) is 0 Å². The summed E-state index contributed by atoms with van der Waals surface area (Å²) in [5.74, 6) is 0. The van der Waals surface area contributed by atoms with E-state index < -0.39 is 0 Å². The van der Waals surface area contributed by atoms with Gasteiger partial charge in [0.1, 0.15) is 0 Å². The Morgan fingerprint density at radius 3 is 2.29 bits per heavy atom. The van der Waals surface area contributed by atoms with Crippen molar-refractivity contribution in [2.75, 3.05) is 0 Å². The third kappa shape index (κ3) is 1.65. The number of aryl methyl sites for hydroxylation is 2. The average Bonchev–Trinajstić information content (AvgIpc) is 2.18. The second-order valence-electron chi connectivity index (χ2n) is 3.44. The Labute approximate surface area is 86.6 Å². The largest absolute Gasteiger partial charge is 0.0776 e. The number of hydrogen-bond acceptors (Lipinski definition) is 0. The molecule has 0 atom stereocenters. The smallest absolute Gasteiger partial charge is 0.0149 e. The SMILES string of the molecule is C.CCc1cccc2c(C)cccc12. The second-order valence-corrected chi connectivity index (χ2v) is 3.44. The first kappa shape index (κ1) is 10.8. The summed E-state index contributed by atoms with van der Waals surface area (Å²) in [5, 5.41) is 2.80. The highest BCUT2D eigenvalue weighted by atomic mass is 14.0. The molecule has 0 aliphatic carbocycles. The van der Waals surface area contributed by atoms with Gasteiger partial charge >= 0.3 is 0 Å². The maximum Gasteiger partial charge on any atom is -0.0149 e. The summed E-state index contributed by atoms with van der Waals surface area (Å²) in [5.41, 5.74) is 2.81. The van der Waals surface area contributed by atoms with E-state index in [0.717, 1.165) is 6.42 Å². The van der Waals surface area contributed by atoms with Gasteiger partial charge in [-0.1, -0.05) is 50.7 Å². The van der Waals surface area contributed by atoms with Gasteiger partial charge in [0.25, 0.3) is 0 Å². The molecule has 2 aromatic carbocycles. The third-order valence-corrected chi connectivity index (χ3v) is 2.61. The molecule has 2 rings (SSSR count). The van der Waals surface area contributed by atoms with Crippen LogP contribution in [0, 0.1) is 6.92 Å². The van der Waals surface area contributed by atoms with Crippen LogP contribution < -0.4 is 0 Å². The van der Waals surface area contributed by atoms with E-state index in [1.807, 2.05) is 0 Å². The summed E-state index contributed by atoms with van der Waals surface area (Å²) >= 11 is 0. The van der Waals surface area contributed by atoms with Gasteiger partial charge in [0, 0.05) is 0 Å². The van der Waals surface area contributed by atoms with Crippen molar-refractivity contribution < 1.29 is 0 Å². The second kappa shape index (κ2) is 4.28. The fourth-order valence-electron chi connectivity index (χ4n) is 1.84. The number of hydrogen-bond donors (Lipinski definition) is 0. The Kier molecular flexibility index (Phi) is 3.29. The first-order valence-electron chi connectivity index (χ1n) is 4.80. The fraction of sp³-hybridized carbons (Fsp3) is 0.286. The van der Waals surface area contributed by atoms with Crippen molar-refractivity contribution in [3.63, 3.8) is 0 Å². The van der Waals surface area contributed by atoms with Gasteiger partial charge in [-0.15, -0.1) is 0 Å². The molecule has 0 N–H and O–H groups in total. The van der Waals surface area contributed by atoms with Gasteiger partial charge in [-0.2, -0.15) is 0 Å². The molecule has 0 nitrogen and oxygen atoms in total. The van der Waals surface area contributed by atoms with Crippen molar-refractivity contribution >= 4 is 10.8 Å². The van der Waals surface area contributed by atoms with Gasteiger partial charge in [0.2, 0.25) is 0 Å². The quantitative estimate of drug-likeness (QED) is 0.621. The average molecular weight is 186 g/mol. The molecule has 2 aromatic rings. The maximum absolute atomic E-state index is 2.21. The zero-order chi connectivity index (χ0) is 9.26. The zero-order valence-corrected chi connectivity index (χ0v) is 8.17. The molecule has 0 saturated carbocycles. The van der Waals surface area contributed by atoms with E-state index >= 15 is 0 Å². The standard InChI is InChI=1S/C13H14.CH4/c1-3-11-7-5-8-12-10(2)6-4-9-13(11)12;/h4-9H,3H2,1-2H3;1H4. The monoisotopic (exact) mass is 186 g/mol. The van der Waals surface area contributed by atoms with Crippen molar-refractivity contribution in [1.29, 1.82) is 0 Å². The highest BCUT2D eigenvalue weighted by Crippen LogP contribution is 2.21. The van der Waals surface area contributed by atoms with E-state index in [0.29, 0.717) is 0 Å². The molecule has 0 spiro atoms. The summed E-state index contributed by atoms with van der Waals surface area (Å²) in [6, 6.07) is 13.1. The van der Waals surface area contributed by atoms with Crippen LogP contribution in [0.25, 0.3) is 10.8 Å². The Bertz CT molecular complexity index is 427. The summed E-state index contributed by atoms with van der Waals surface area (Å²) in [6.45, 7) is 4.37. The molecule has 0 aliphatic heterocycles. The molecular formula is C14H18. The Morgan fingerprint density at radius 1 is 0.929 bits per heavy atom. The molecule has 14 heavy (non-hydrogen) atoms. The summed E-state index contributed by atoms with van der Waals surface area (Å²) in [6.07, 6.45) is 1.11. The maximum atomic E-state index is 2.21. The molecule has 0 fully saturated rings. The van der Waals surface area contributed by atoms with Crippen LogP contribution in [0.5, 0.6) is 0 Å². The first-order valence-corrected chi connectivity index (χ1v) is 4.80. The Hall–Kier alpha value is -1.30. The molecular weight excluding hydrogens is 168 g/mol. The molecule has 0 saturated heterocycles. The lowest BCUT2D eigenvalue weighted by Crippen LogP contribution is -1.84. The van der Waals surface area contributed by atoms with Crippen molar-refractivity contribution in [3.8, 4) is 0 Å². The molecule has 0 aliphatic rings. The molecule has 0 bridgehead atoms. The van der Waals surface area contributed by atoms with Crippen molar-refractivity contribution in [2.45, 2.75) is 27.7 Å². The van der Waals surface area contributed by atoms with Crippen LogP contribution in [0.3, 0.4) is 0 Å². The molecule has 0 heteroatoms. The Morgan fingerprint density at radius 2 is 1.57 bits per heavy atom. The zero-order valence-electron chi connectivity index (χ0n) is 8.17. The highest BCUT2D eigenvalue weighted by molar-refractivity contribution is 5.88. The summed E-state index contributed by atoms with van der Waals surface area (Å²) in [4.78, 5) is 0. The van der Waals surface area contributed by atoms with E-state index in [-0.39, 0.29) is 7.43 Å². The van der Waals surface area contributed by atoms with Crippen LogP contribution in [-0.4, -0.2) is 0 Å². The minimum atomic E-state index is 0. The number of fused-ring (bicyclic) bond motifs is 1. The van der Waals surface area contributed by atoms with Gasteiger partial charge < -0.3 is 0 Å². The lowest BCUT2D eigenvalue weighted by atomic mass is 10.00. The molecule has 0 amide bonds. The number of rotatable bonds is 1. The highest BCUT2D eigenvalue weighted by Gasteiger charge is 1.99. The fourth-order valence-corrected chi connectivity index (χ4v) is 1.84. The van der Waals surface area contributed by atoms with Crippen LogP contribution in [0.4, 0.5) is 0 Å². The minimum absolute atomic E-state index is 0. The number of benzene rings is 2. The lowest BCUT2D eigenvalue weighted by Gasteiger charge is -2.05. The van der Waals surface area contributed by atoms with E-state index in [9.17, 15) is 0 Å². The normalized spacial score (nSPS) is 9.86. The van der Waals surface area contributed by atoms with E-state index in [4.69, 9.17) is 0 Å². The third-order valence-electron chi connectivity index (χ3n) is 2.61. The van der Waals surface area contributed by atoms with Crippen LogP contribution in [0.1, 0.15) is 25.5 Å². The van der Waals surface area contributed by atoms with E-state index in [1.54, 1.807) is 0 Å². The van der Waals surface area contributed by atoms with E-state index in [1.165, 1.54) is 21.9 Å². The Balaban J connectivity index is 0.000000980. The molecule has 0 heterocycles. The van der Waals surface area contributed by atoms with Crippen molar-refractivity contribution in [2.24, 2.45) is 0 Å². The van der Waals surface area contributed by atoms with Crippen LogP contribution in [0.2, 0.25) is 0 Å². The van der Waals surface area contributed by atoms with Gasteiger partial charge in [0.15, 0.2) is 0 Å².